The molecule has 11 nitrogen and oxygen atoms in total. The van der Waals surface area contributed by atoms with Gasteiger partial charge in [0.25, 0.3) is 11.8 Å². The third kappa shape index (κ3) is 5.84. The number of aromatic nitrogens is 7. The Morgan fingerprint density at radius 2 is 1.82 bits per heavy atom. The number of anilines is 2. The second-order valence-corrected chi connectivity index (χ2v) is 10.0. The molecule has 1 amide bonds. The number of halogens is 1. The molecule has 0 saturated carbocycles. The predicted octanol–water partition coefficient (Wildman–Crippen LogP) is 4.53. The van der Waals surface area contributed by atoms with E-state index >= 15 is 4.39 Å². The summed E-state index contributed by atoms with van der Waals surface area (Å²) in [6.45, 7) is 12.6. The Kier molecular flexibility index (Phi) is 7.79. The molecule has 4 aromatic rings. The topological polar surface area (TPSA) is 124 Å². The Balaban J connectivity index is 1.67. The first-order valence-corrected chi connectivity index (χ1v) is 12.5. The summed E-state index contributed by atoms with van der Waals surface area (Å²) in [5.41, 5.74) is 0.955. The Labute approximate surface area is 220 Å². The Hall–Kier alpha value is -4.22. The van der Waals surface area contributed by atoms with Gasteiger partial charge in [0.2, 0.25) is 5.82 Å². The lowest BCUT2D eigenvalue weighted by Gasteiger charge is -2.23. The third-order valence-corrected chi connectivity index (χ3v) is 5.50. The number of nitrogens with zero attached hydrogens (tertiary/aromatic N) is 8. The SMILES string of the molecule is CC(C)CN(C)c1nc2cc(C(=O)Nc3cccc(-c4nnnn4C(C)C)n3)c(F)cc2nc1OC(C)C. The molecule has 0 aliphatic carbocycles. The monoisotopic (exact) mass is 521 g/mol. The smallest absolute Gasteiger partial charge is 0.259 e. The molecule has 12 heteroatoms. The summed E-state index contributed by atoms with van der Waals surface area (Å²) in [5.74, 6) is 0.497. The lowest BCUT2D eigenvalue weighted by Crippen LogP contribution is -2.25. The Bertz CT molecular complexity index is 1450. The zero-order valence-corrected chi connectivity index (χ0v) is 22.6. The number of hydrogen-bond donors (Lipinski definition) is 1. The highest BCUT2D eigenvalue weighted by molar-refractivity contribution is 6.05. The van der Waals surface area contributed by atoms with Gasteiger partial charge < -0.3 is 15.0 Å². The van der Waals surface area contributed by atoms with Crippen LogP contribution < -0.4 is 15.0 Å². The van der Waals surface area contributed by atoms with E-state index in [0.29, 0.717) is 41.2 Å². The van der Waals surface area contributed by atoms with Crippen LogP contribution >= 0.6 is 0 Å². The van der Waals surface area contributed by atoms with E-state index in [1.165, 1.54) is 12.1 Å². The fourth-order valence-corrected chi connectivity index (χ4v) is 3.93. The van der Waals surface area contributed by atoms with Gasteiger partial charge in [0.1, 0.15) is 17.3 Å². The molecule has 0 aliphatic heterocycles. The molecule has 0 unspecified atom stereocenters. The summed E-state index contributed by atoms with van der Waals surface area (Å²) in [4.78, 5) is 28.7. The molecule has 1 aromatic carbocycles. The largest absolute Gasteiger partial charge is 0.472 e. The standard InChI is InChI=1S/C26H32FN9O2/c1-14(2)13-35(7)24-26(38-16(5)6)30-21-12-18(27)17(11-20(21)29-24)25(37)31-22-10-8-9-19(28-22)23-32-33-34-36(23)15(3)4/h8-12,14-16H,13H2,1-7H3,(H,28,31,37). The van der Waals surface area contributed by atoms with E-state index < -0.39 is 11.7 Å². The third-order valence-electron chi connectivity index (χ3n) is 5.50. The van der Waals surface area contributed by atoms with Gasteiger partial charge in [-0.05, 0) is 62.2 Å². The molecule has 3 aromatic heterocycles. The number of benzene rings is 1. The molecule has 0 radical (unpaired) electrons. The fourth-order valence-electron chi connectivity index (χ4n) is 3.93. The molecule has 1 N–H and O–H groups in total. The van der Waals surface area contributed by atoms with E-state index in [9.17, 15) is 4.79 Å². The quantitative estimate of drug-likeness (QED) is 0.338. The molecule has 0 saturated heterocycles. The minimum atomic E-state index is -0.733. The Morgan fingerprint density at radius 1 is 1.08 bits per heavy atom. The van der Waals surface area contributed by atoms with Crippen molar-refractivity contribution in [3.8, 4) is 17.4 Å². The normalized spacial score (nSPS) is 11.6. The molecule has 0 aliphatic rings. The highest BCUT2D eigenvalue weighted by Crippen LogP contribution is 2.29. The fraction of sp³-hybridized carbons (Fsp3) is 0.423. The summed E-state index contributed by atoms with van der Waals surface area (Å²) in [7, 11) is 1.90. The second-order valence-electron chi connectivity index (χ2n) is 10.0. The van der Waals surface area contributed by atoms with Gasteiger partial charge in [0.05, 0.1) is 28.7 Å². The van der Waals surface area contributed by atoms with E-state index in [1.807, 2.05) is 39.6 Å². The number of rotatable bonds is 9. The number of nitrogens with one attached hydrogen (secondary N) is 1. The van der Waals surface area contributed by atoms with Crippen LogP contribution in [0.3, 0.4) is 0 Å². The van der Waals surface area contributed by atoms with Crippen LogP contribution in [0.2, 0.25) is 0 Å². The van der Waals surface area contributed by atoms with Crippen molar-refractivity contribution in [1.29, 1.82) is 0 Å². The summed E-state index contributed by atoms with van der Waals surface area (Å²) in [5, 5.41) is 14.4. The van der Waals surface area contributed by atoms with Crippen LogP contribution in [-0.4, -0.2) is 60.8 Å². The maximum absolute atomic E-state index is 15.1. The molecular weight excluding hydrogens is 489 g/mol. The van der Waals surface area contributed by atoms with Gasteiger partial charge in [-0.15, -0.1) is 5.10 Å². The van der Waals surface area contributed by atoms with Crippen LogP contribution in [0.25, 0.3) is 22.6 Å². The summed E-state index contributed by atoms with van der Waals surface area (Å²) in [6.07, 6.45) is -0.142. The first-order chi connectivity index (χ1) is 18.0. The maximum atomic E-state index is 15.1. The van der Waals surface area contributed by atoms with E-state index in [0.717, 1.165) is 0 Å². The van der Waals surface area contributed by atoms with Crippen LogP contribution in [0.4, 0.5) is 16.0 Å². The minimum absolute atomic E-state index is 0.0174. The van der Waals surface area contributed by atoms with Crippen molar-refractivity contribution in [2.45, 2.75) is 53.7 Å². The van der Waals surface area contributed by atoms with Gasteiger partial charge in [-0.25, -0.2) is 24.0 Å². The van der Waals surface area contributed by atoms with Crippen molar-refractivity contribution in [1.82, 2.24) is 35.2 Å². The van der Waals surface area contributed by atoms with Crippen molar-refractivity contribution in [2.24, 2.45) is 5.92 Å². The van der Waals surface area contributed by atoms with Crippen LogP contribution in [-0.2, 0) is 0 Å². The van der Waals surface area contributed by atoms with Crippen LogP contribution in [0.5, 0.6) is 5.88 Å². The van der Waals surface area contributed by atoms with Crippen molar-refractivity contribution >= 4 is 28.6 Å². The molecule has 0 atom stereocenters. The van der Waals surface area contributed by atoms with Gasteiger partial charge in [-0.3, -0.25) is 4.79 Å². The Morgan fingerprint density at radius 3 is 2.50 bits per heavy atom. The van der Waals surface area contributed by atoms with E-state index in [1.54, 1.807) is 22.9 Å². The second kappa shape index (κ2) is 11.0. The first kappa shape index (κ1) is 26.8. The molecule has 0 bridgehead atoms. The maximum Gasteiger partial charge on any atom is 0.259 e. The average molecular weight is 522 g/mol. The summed E-state index contributed by atoms with van der Waals surface area (Å²) in [6, 6.07) is 7.66. The lowest BCUT2D eigenvalue weighted by molar-refractivity contribution is 0.102. The van der Waals surface area contributed by atoms with E-state index in [4.69, 9.17) is 9.72 Å². The molecule has 3 heterocycles. The number of amides is 1. The van der Waals surface area contributed by atoms with Gasteiger partial charge in [0, 0.05) is 19.7 Å². The number of carbonyl (C=O) groups excluding carboxylic acids is 1. The number of tetrazole rings is 1. The number of fused-ring (bicyclic) bond motifs is 1. The van der Waals surface area contributed by atoms with Gasteiger partial charge in [-0.1, -0.05) is 19.9 Å². The summed E-state index contributed by atoms with van der Waals surface area (Å²) >= 11 is 0. The van der Waals surface area contributed by atoms with Crippen LogP contribution in [0.15, 0.2) is 30.3 Å². The predicted molar refractivity (Wildman–Crippen MR) is 143 cm³/mol. The molecular formula is C26H32FN9O2. The number of ether oxygens (including phenoxy) is 1. The van der Waals surface area contributed by atoms with Gasteiger partial charge >= 0.3 is 0 Å². The van der Waals surface area contributed by atoms with Gasteiger partial charge in [-0.2, -0.15) is 0 Å². The molecule has 0 fully saturated rings. The summed E-state index contributed by atoms with van der Waals surface area (Å²) < 4.78 is 22.6. The lowest BCUT2D eigenvalue weighted by atomic mass is 10.1. The van der Waals surface area contributed by atoms with E-state index in [2.05, 4.69) is 44.7 Å². The van der Waals surface area contributed by atoms with Crippen molar-refractivity contribution < 1.29 is 13.9 Å². The zero-order chi connectivity index (χ0) is 27.6. The van der Waals surface area contributed by atoms with Crippen LogP contribution in [0, 0.1) is 11.7 Å². The van der Waals surface area contributed by atoms with E-state index in [-0.39, 0.29) is 29.0 Å². The van der Waals surface area contributed by atoms with Crippen molar-refractivity contribution in [2.75, 3.05) is 23.8 Å². The average Bonchev–Trinajstić information content (AvgIpc) is 3.33. The number of carbonyl (C=O) groups is 1. The van der Waals surface area contributed by atoms with Crippen LogP contribution in [0.1, 0.15) is 57.9 Å². The van der Waals surface area contributed by atoms with Crippen molar-refractivity contribution in [3.05, 3.63) is 41.7 Å². The molecule has 200 valence electrons. The molecule has 4 rings (SSSR count). The number of pyridine rings is 1. The van der Waals surface area contributed by atoms with Crippen molar-refractivity contribution in [3.63, 3.8) is 0 Å². The first-order valence-electron chi connectivity index (χ1n) is 12.5. The molecule has 38 heavy (non-hydrogen) atoms. The zero-order valence-electron chi connectivity index (χ0n) is 22.6. The minimum Gasteiger partial charge on any atom is -0.472 e. The highest BCUT2D eigenvalue weighted by atomic mass is 19.1. The highest BCUT2D eigenvalue weighted by Gasteiger charge is 2.21. The number of hydrogen-bond acceptors (Lipinski definition) is 9. The van der Waals surface area contributed by atoms with Gasteiger partial charge in [0.15, 0.2) is 5.82 Å². The molecule has 0 spiro atoms.